The van der Waals surface area contributed by atoms with E-state index in [9.17, 15) is 5.11 Å². The fourth-order valence-electron chi connectivity index (χ4n) is 2.54. The Morgan fingerprint density at radius 1 is 1.21 bits per heavy atom. The van der Waals surface area contributed by atoms with Gasteiger partial charge in [-0.25, -0.2) is 0 Å². The van der Waals surface area contributed by atoms with Crippen molar-refractivity contribution in [3.05, 3.63) is 36.0 Å². The minimum atomic E-state index is -0.0256. The molecule has 2 heterocycles. The first-order valence-corrected chi connectivity index (χ1v) is 6.71. The summed E-state index contributed by atoms with van der Waals surface area (Å²) in [4.78, 5) is 6.79. The van der Waals surface area contributed by atoms with E-state index in [0.717, 1.165) is 55.0 Å². The smallest absolute Gasteiger partial charge is 0.0854 e. The second-order valence-electron chi connectivity index (χ2n) is 4.76. The number of anilines is 1. The molecule has 0 spiro atoms. The van der Waals surface area contributed by atoms with Crippen LogP contribution in [0.3, 0.4) is 0 Å². The van der Waals surface area contributed by atoms with E-state index in [-0.39, 0.29) is 6.61 Å². The molecule has 4 heteroatoms. The fourth-order valence-corrected chi connectivity index (χ4v) is 2.54. The predicted molar refractivity (Wildman–Crippen MR) is 75.3 cm³/mol. The summed E-state index contributed by atoms with van der Waals surface area (Å²) in [6, 6.07) is 10.1. The highest BCUT2D eigenvalue weighted by molar-refractivity contribution is 5.92. The highest BCUT2D eigenvalue weighted by Crippen LogP contribution is 2.27. The number of hydrogen-bond donors (Lipinski definition) is 1. The predicted octanol–water partition coefficient (Wildman–Crippen LogP) is 1.95. The van der Waals surface area contributed by atoms with Crippen molar-refractivity contribution in [3.8, 4) is 0 Å². The summed E-state index contributed by atoms with van der Waals surface area (Å²) in [7, 11) is 0. The van der Waals surface area contributed by atoms with E-state index in [1.165, 1.54) is 0 Å². The molecule has 1 fully saturated rings. The number of aliphatic hydroxyl groups excluding tert-OH is 1. The molecule has 100 valence electrons. The van der Waals surface area contributed by atoms with Crippen molar-refractivity contribution >= 4 is 16.6 Å². The van der Waals surface area contributed by atoms with Crippen LogP contribution in [0, 0.1) is 0 Å². The number of aliphatic hydroxyl groups is 1. The average molecular weight is 258 g/mol. The molecule has 4 nitrogen and oxygen atoms in total. The van der Waals surface area contributed by atoms with E-state index in [0.29, 0.717) is 0 Å². The van der Waals surface area contributed by atoms with Crippen molar-refractivity contribution in [1.82, 2.24) is 4.98 Å². The molecule has 1 saturated heterocycles. The zero-order valence-corrected chi connectivity index (χ0v) is 10.9. The summed E-state index contributed by atoms with van der Waals surface area (Å²) in [6.45, 7) is 3.43. The van der Waals surface area contributed by atoms with E-state index < -0.39 is 0 Å². The van der Waals surface area contributed by atoms with Crippen LogP contribution in [0.2, 0.25) is 0 Å². The molecule has 0 saturated carbocycles. The standard InChI is InChI=1S/C15H18N2O2/c18-11-12-10-15(17-6-3-8-19-9-7-17)13-4-1-2-5-14(13)16-12/h1-2,4-5,10,18H,3,6-9,11H2. The van der Waals surface area contributed by atoms with E-state index in [1.54, 1.807) is 0 Å². The number of aromatic nitrogens is 1. The molecule has 19 heavy (non-hydrogen) atoms. The Bertz CT molecular complexity index is 563. The molecule has 0 radical (unpaired) electrons. The maximum Gasteiger partial charge on any atom is 0.0854 e. The van der Waals surface area contributed by atoms with Gasteiger partial charge in [-0.3, -0.25) is 4.98 Å². The summed E-state index contributed by atoms with van der Waals surface area (Å²) in [5.74, 6) is 0. The minimum absolute atomic E-state index is 0.0256. The molecular weight excluding hydrogens is 240 g/mol. The summed E-state index contributed by atoms with van der Waals surface area (Å²) in [6.07, 6.45) is 1.03. The van der Waals surface area contributed by atoms with Crippen LogP contribution in [0.25, 0.3) is 10.9 Å². The van der Waals surface area contributed by atoms with Gasteiger partial charge in [-0.05, 0) is 18.6 Å². The summed E-state index contributed by atoms with van der Waals surface area (Å²) in [5, 5.41) is 10.5. The normalized spacial score (nSPS) is 16.6. The van der Waals surface area contributed by atoms with Gasteiger partial charge in [-0.2, -0.15) is 0 Å². The number of fused-ring (bicyclic) bond motifs is 1. The van der Waals surface area contributed by atoms with Crippen LogP contribution in [0.5, 0.6) is 0 Å². The number of pyridine rings is 1. The van der Waals surface area contributed by atoms with Crippen LogP contribution in [-0.2, 0) is 11.3 Å². The SMILES string of the molecule is OCc1cc(N2CCCOCC2)c2ccccc2n1. The first-order chi connectivity index (χ1) is 9.38. The number of hydrogen-bond acceptors (Lipinski definition) is 4. The Morgan fingerprint density at radius 2 is 2.11 bits per heavy atom. The van der Waals surface area contributed by atoms with Gasteiger partial charge in [0, 0.05) is 30.8 Å². The van der Waals surface area contributed by atoms with Gasteiger partial charge in [-0.1, -0.05) is 18.2 Å². The van der Waals surface area contributed by atoms with Gasteiger partial charge in [0.2, 0.25) is 0 Å². The first kappa shape index (κ1) is 12.4. The minimum Gasteiger partial charge on any atom is -0.390 e. The Morgan fingerprint density at radius 3 is 3.00 bits per heavy atom. The van der Waals surface area contributed by atoms with E-state index in [2.05, 4.69) is 16.0 Å². The maximum absolute atomic E-state index is 9.37. The summed E-state index contributed by atoms with van der Waals surface area (Å²) >= 11 is 0. The molecule has 0 atom stereocenters. The number of rotatable bonds is 2. The van der Waals surface area contributed by atoms with Crippen molar-refractivity contribution in [2.45, 2.75) is 13.0 Å². The first-order valence-electron chi connectivity index (χ1n) is 6.71. The molecule has 1 aliphatic heterocycles. The maximum atomic E-state index is 9.37. The lowest BCUT2D eigenvalue weighted by Gasteiger charge is -2.24. The number of nitrogens with zero attached hydrogens (tertiary/aromatic N) is 2. The summed E-state index contributed by atoms with van der Waals surface area (Å²) < 4.78 is 5.51. The molecule has 1 aromatic carbocycles. The Kier molecular flexibility index (Phi) is 3.62. The Balaban J connectivity index is 2.09. The van der Waals surface area contributed by atoms with Crippen LogP contribution >= 0.6 is 0 Å². The van der Waals surface area contributed by atoms with Gasteiger partial charge in [0.1, 0.15) is 0 Å². The second kappa shape index (κ2) is 5.55. The third-order valence-corrected chi connectivity index (χ3v) is 3.47. The number of benzene rings is 1. The Hall–Kier alpha value is -1.65. The van der Waals surface area contributed by atoms with Crippen molar-refractivity contribution in [3.63, 3.8) is 0 Å². The van der Waals surface area contributed by atoms with Crippen LogP contribution in [0.4, 0.5) is 5.69 Å². The molecule has 0 aliphatic carbocycles. The number of para-hydroxylation sites is 1. The Labute approximate surface area is 112 Å². The van der Waals surface area contributed by atoms with Crippen molar-refractivity contribution in [2.75, 3.05) is 31.2 Å². The topological polar surface area (TPSA) is 45.6 Å². The van der Waals surface area contributed by atoms with Gasteiger partial charge in [0.25, 0.3) is 0 Å². The van der Waals surface area contributed by atoms with Crippen LogP contribution < -0.4 is 4.90 Å². The van der Waals surface area contributed by atoms with Crippen molar-refractivity contribution < 1.29 is 9.84 Å². The molecular formula is C15H18N2O2. The van der Waals surface area contributed by atoms with Crippen LogP contribution in [0.1, 0.15) is 12.1 Å². The van der Waals surface area contributed by atoms with Crippen molar-refractivity contribution in [2.24, 2.45) is 0 Å². The van der Waals surface area contributed by atoms with Gasteiger partial charge in [0.05, 0.1) is 24.4 Å². The zero-order valence-electron chi connectivity index (χ0n) is 10.9. The molecule has 0 amide bonds. The van der Waals surface area contributed by atoms with Crippen molar-refractivity contribution in [1.29, 1.82) is 0 Å². The molecule has 0 bridgehead atoms. The van der Waals surface area contributed by atoms with E-state index >= 15 is 0 Å². The van der Waals surface area contributed by atoms with Crippen LogP contribution in [-0.4, -0.2) is 36.4 Å². The molecule has 0 unspecified atom stereocenters. The molecule has 1 aromatic heterocycles. The lowest BCUT2D eigenvalue weighted by atomic mass is 10.1. The zero-order chi connectivity index (χ0) is 13.1. The van der Waals surface area contributed by atoms with E-state index in [1.807, 2.05) is 24.3 Å². The molecule has 3 rings (SSSR count). The third-order valence-electron chi connectivity index (χ3n) is 3.47. The van der Waals surface area contributed by atoms with Gasteiger partial charge in [0.15, 0.2) is 0 Å². The number of ether oxygens (including phenoxy) is 1. The largest absolute Gasteiger partial charge is 0.390 e. The lowest BCUT2D eigenvalue weighted by molar-refractivity contribution is 0.152. The fraction of sp³-hybridized carbons (Fsp3) is 0.400. The average Bonchev–Trinajstić information content (AvgIpc) is 2.75. The quantitative estimate of drug-likeness (QED) is 0.894. The highest BCUT2D eigenvalue weighted by atomic mass is 16.5. The summed E-state index contributed by atoms with van der Waals surface area (Å²) in [5.41, 5.74) is 2.81. The van der Waals surface area contributed by atoms with E-state index in [4.69, 9.17) is 4.74 Å². The molecule has 1 aliphatic rings. The van der Waals surface area contributed by atoms with Gasteiger partial charge in [-0.15, -0.1) is 0 Å². The van der Waals surface area contributed by atoms with Gasteiger partial charge < -0.3 is 14.7 Å². The second-order valence-corrected chi connectivity index (χ2v) is 4.76. The third kappa shape index (κ3) is 2.55. The van der Waals surface area contributed by atoms with Gasteiger partial charge >= 0.3 is 0 Å². The molecule has 2 aromatic rings. The van der Waals surface area contributed by atoms with Crippen LogP contribution in [0.15, 0.2) is 30.3 Å². The molecule has 1 N–H and O–H groups in total. The lowest BCUT2D eigenvalue weighted by Crippen LogP contribution is -2.26. The monoisotopic (exact) mass is 258 g/mol. The highest BCUT2D eigenvalue weighted by Gasteiger charge is 2.14.